The van der Waals surface area contributed by atoms with Crippen LogP contribution in [0.15, 0.2) is 18.3 Å². The van der Waals surface area contributed by atoms with E-state index in [1.165, 1.54) is 4.90 Å². The fourth-order valence-electron chi connectivity index (χ4n) is 1.97. The third kappa shape index (κ3) is 3.68. The lowest BCUT2D eigenvalue weighted by molar-refractivity contribution is -0.136. The highest BCUT2D eigenvalue weighted by Gasteiger charge is 2.32. The molecule has 0 bridgehead atoms. The Morgan fingerprint density at radius 3 is 2.75 bits per heavy atom. The lowest BCUT2D eigenvalue weighted by Gasteiger charge is -2.17. The Morgan fingerprint density at radius 2 is 2.25 bits per heavy atom. The SMILES string of the molecule is CN(C)C(=O)c1ccc(NCC2COC(C)(C)O2)nc1. The molecular formula is C14H21N3O3. The minimum atomic E-state index is -0.512. The van der Waals surface area contributed by atoms with E-state index in [2.05, 4.69) is 10.3 Å². The van der Waals surface area contributed by atoms with Crippen molar-refractivity contribution in [2.45, 2.75) is 25.7 Å². The molecule has 0 aliphatic carbocycles. The van der Waals surface area contributed by atoms with Crippen LogP contribution in [0.4, 0.5) is 5.82 Å². The van der Waals surface area contributed by atoms with Crippen LogP contribution in [0, 0.1) is 0 Å². The number of hydrogen-bond acceptors (Lipinski definition) is 5. The minimum absolute atomic E-state index is 0.00915. The Labute approximate surface area is 119 Å². The molecule has 2 rings (SSSR count). The molecule has 1 aromatic heterocycles. The van der Waals surface area contributed by atoms with Crippen LogP contribution < -0.4 is 5.32 Å². The van der Waals surface area contributed by atoms with Crippen LogP contribution >= 0.6 is 0 Å². The second kappa shape index (κ2) is 5.76. The van der Waals surface area contributed by atoms with Crippen molar-refractivity contribution in [3.63, 3.8) is 0 Å². The second-order valence-electron chi connectivity index (χ2n) is 5.46. The van der Waals surface area contributed by atoms with Crippen LogP contribution in [0.1, 0.15) is 24.2 Å². The van der Waals surface area contributed by atoms with Crippen molar-refractivity contribution in [1.82, 2.24) is 9.88 Å². The van der Waals surface area contributed by atoms with Gasteiger partial charge in [-0.3, -0.25) is 4.79 Å². The van der Waals surface area contributed by atoms with E-state index in [1.54, 1.807) is 32.4 Å². The zero-order chi connectivity index (χ0) is 14.8. The van der Waals surface area contributed by atoms with Gasteiger partial charge in [0.15, 0.2) is 5.79 Å². The summed E-state index contributed by atoms with van der Waals surface area (Å²) in [5.74, 6) is 0.147. The fourth-order valence-corrected chi connectivity index (χ4v) is 1.97. The molecule has 1 atom stereocenters. The highest BCUT2D eigenvalue weighted by molar-refractivity contribution is 5.93. The summed E-state index contributed by atoms with van der Waals surface area (Å²) in [6, 6.07) is 3.55. The Balaban J connectivity index is 1.87. The topological polar surface area (TPSA) is 63.7 Å². The summed E-state index contributed by atoms with van der Waals surface area (Å²) in [5.41, 5.74) is 0.571. The highest BCUT2D eigenvalue weighted by atomic mass is 16.7. The zero-order valence-electron chi connectivity index (χ0n) is 12.3. The Kier molecular flexibility index (Phi) is 4.25. The zero-order valence-corrected chi connectivity index (χ0v) is 12.3. The Morgan fingerprint density at radius 1 is 1.50 bits per heavy atom. The van der Waals surface area contributed by atoms with Gasteiger partial charge >= 0.3 is 0 Å². The van der Waals surface area contributed by atoms with Crippen molar-refractivity contribution < 1.29 is 14.3 Å². The van der Waals surface area contributed by atoms with E-state index in [0.717, 1.165) is 0 Å². The maximum Gasteiger partial charge on any atom is 0.254 e. The molecule has 110 valence electrons. The van der Waals surface area contributed by atoms with Crippen molar-refractivity contribution in [2.24, 2.45) is 0 Å². The molecule has 0 aromatic carbocycles. The summed E-state index contributed by atoms with van der Waals surface area (Å²) in [5, 5.41) is 3.18. The molecule has 1 saturated heterocycles. The molecule has 0 saturated carbocycles. The number of ether oxygens (including phenoxy) is 2. The van der Waals surface area contributed by atoms with E-state index in [9.17, 15) is 4.79 Å². The predicted octanol–water partition coefficient (Wildman–Crippen LogP) is 1.35. The van der Waals surface area contributed by atoms with E-state index < -0.39 is 5.79 Å². The maximum absolute atomic E-state index is 11.7. The first-order chi connectivity index (χ1) is 9.37. The molecule has 1 aromatic rings. The standard InChI is InChI=1S/C14H21N3O3/c1-14(2)19-9-11(20-14)8-16-12-6-5-10(7-15-12)13(18)17(3)4/h5-7,11H,8-9H2,1-4H3,(H,15,16). The van der Waals surface area contributed by atoms with Gasteiger partial charge in [0.05, 0.1) is 12.2 Å². The van der Waals surface area contributed by atoms with Gasteiger partial charge in [-0.2, -0.15) is 0 Å². The Bertz CT molecular complexity index is 471. The number of aromatic nitrogens is 1. The van der Waals surface area contributed by atoms with Crippen LogP contribution in [0.25, 0.3) is 0 Å². The second-order valence-corrected chi connectivity index (χ2v) is 5.46. The average molecular weight is 279 g/mol. The molecular weight excluding hydrogens is 258 g/mol. The summed E-state index contributed by atoms with van der Waals surface area (Å²) in [6.07, 6.45) is 1.58. The number of nitrogens with zero attached hydrogens (tertiary/aromatic N) is 2. The number of amides is 1. The van der Waals surface area contributed by atoms with E-state index >= 15 is 0 Å². The molecule has 1 aliphatic heterocycles. The monoisotopic (exact) mass is 279 g/mol. The first-order valence-electron chi connectivity index (χ1n) is 6.61. The quantitative estimate of drug-likeness (QED) is 0.901. The van der Waals surface area contributed by atoms with Gasteiger partial charge in [-0.05, 0) is 26.0 Å². The largest absolute Gasteiger partial charge is 0.367 e. The molecule has 1 fully saturated rings. The maximum atomic E-state index is 11.7. The molecule has 1 aliphatic rings. The summed E-state index contributed by atoms with van der Waals surface area (Å²) in [6.45, 7) is 4.98. The number of carbonyl (C=O) groups is 1. The third-order valence-electron chi connectivity index (χ3n) is 2.99. The fraction of sp³-hybridized carbons (Fsp3) is 0.571. The molecule has 0 spiro atoms. The van der Waals surface area contributed by atoms with Crippen LogP contribution in [-0.4, -0.2) is 54.9 Å². The van der Waals surface area contributed by atoms with E-state index in [1.807, 2.05) is 13.8 Å². The first-order valence-corrected chi connectivity index (χ1v) is 6.61. The van der Waals surface area contributed by atoms with Crippen molar-refractivity contribution in [3.8, 4) is 0 Å². The van der Waals surface area contributed by atoms with Gasteiger partial charge in [0.25, 0.3) is 5.91 Å². The van der Waals surface area contributed by atoms with Gasteiger partial charge in [0.2, 0.25) is 0 Å². The molecule has 6 nitrogen and oxygen atoms in total. The summed E-state index contributed by atoms with van der Waals surface area (Å²) in [7, 11) is 3.43. The average Bonchev–Trinajstić information content (AvgIpc) is 2.75. The molecule has 1 unspecified atom stereocenters. The highest BCUT2D eigenvalue weighted by Crippen LogP contribution is 2.22. The van der Waals surface area contributed by atoms with Gasteiger partial charge in [0.1, 0.15) is 11.9 Å². The summed E-state index contributed by atoms with van der Waals surface area (Å²) < 4.78 is 11.2. The van der Waals surface area contributed by atoms with Crippen LogP contribution in [0.5, 0.6) is 0 Å². The third-order valence-corrected chi connectivity index (χ3v) is 2.99. The van der Waals surface area contributed by atoms with E-state index in [4.69, 9.17) is 9.47 Å². The van der Waals surface area contributed by atoms with Gasteiger partial charge in [-0.25, -0.2) is 4.98 Å². The van der Waals surface area contributed by atoms with Gasteiger partial charge in [-0.1, -0.05) is 0 Å². The van der Waals surface area contributed by atoms with Crippen LogP contribution in [-0.2, 0) is 9.47 Å². The van der Waals surface area contributed by atoms with Crippen molar-refractivity contribution in [1.29, 1.82) is 0 Å². The minimum Gasteiger partial charge on any atom is -0.367 e. The Hall–Kier alpha value is -1.66. The molecule has 0 radical (unpaired) electrons. The van der Waals surface area contributed by atoms with E-state index in [0.29, 0.717) is 24.5 Å². The lowest BCUT2D eigenvalue weighted by atomic mass is 10.2. The number of rotatable bonds is 4. The predicted molar refractivity (Wildman–Crippen MR) is 75.6 cm³/mol. The van der Waals surface area contributed by atoms with Crippen molar-refractivity contribution in [3.05, 3.63) is 23.9 Å². The molecule has 2 heterocycles. The number of carbonyl (C=O) groups excluding carboxylic acids is 1. The summed E-state index contributed by atoms with van der Waals surface area (Å²) in [4.78, 5) is 17.5. The number of nitrogens with one attached hydrogen (secondary N) is 1. The van der Waals surface area contributed by atoms with Gasteiger partial charge in [-0.15, -0.1) is 0 Å². The molecule has 1 N–H and O–H groups in total. The van der Waals surface area contributed by atoms with Crippen LogP contribution in [0.2, 0.25) is 0 Å². The normalized spacial score (nSPS) is 20.7. The van der Waals surface area contributed by atoms with E-state index in [-0.39, 0.29) is 12.0 Å². The first kappa shape index (κ1) is 14.7. The van der Waals surface area contributed by atoms with Gasteiger partial charge < -0.3 is 19.7 Å². The van der Waals surface area contributed by atoms with Crippen molar-refractivity contribution >= 4 is 11.7 Å². The van der Waals surface area contributed by atoms with Gasteiger partial charge in [0, 0.05) is 26.8 Å². The smallest absolute Gasteiger partial charge is 0.254 e. The molecule has 1 amide bonds. The molecule has 20 heavy (non-hydrogen) atoms. The van der Waals surface area contributed by atoms with Crippen LogP contribution in [0.3, 0.4) is 0 Å². The lowest BCUT2D eigenvalue weighted by Crippen LogP contribution is -2.26. The number of pyridine rings is 1. The number of anilines is 1. The summed E-state index contributed by atoms with van der Waals surface area (Å²) >= 11 is 0. The van der Waals surface area contributed by atoms with Crippen molar-refractivity contribution in [2.75, 3.05) is 32.6 Å². The number of hydrogen-bond donors (Lipinski definition) is 1. The molecule has 6 heteroatoms.